The maximum atomic E-state index is 13.3. The molecule has 0 spiro atoms. The van der Waals surface area contributed by atoms with Crippen LogP contribution < -0.4 is 0 Å². The molecule has 2 nitrogen and oxygen atoms in total. The van der Waals surface area contributed by atoms with Gasteiger partial charge in [0.1, 0.15) is 0 Å². The zero-order chi connectivity index (χ0) is 16.7. The molecule has 3 aromatic carbocycles. The van der Waals surface area contributed by atoms with E-state index in [-0.39, 0.29) is 11.7 Å². The van der Waals surface area contributed by atoms with Crippen LogP contribution in [0.25, 0.3) is 11.1 Å². The Morgan fingerprint density at radius 1 is 0.750 bits per heavy atom. The molecule has 0 bridgehead atoms. The second kappa shape index (κ2) is 5.43. The number of hydrogen-bond donors (Lipinski definition) is 1. The standard InChI is InChI=1S/C22H18O2/c1-15(16-9-3-2-4-10-16)22(24)20-14-8-7-12-18(20)17-11-5-6-13-19(17)21(22)23/h2-15,24H,1H3. The highest BCUT2D eigenvalue weighted by atomic mass is 16.3. The minimum Gasteiger partial charge on any atom is -0.376 e. The fraction of sp³-hybridized carbons (Fsp3) is 0.136. The fourth-order valence-corrected chi connectivity index (χ4v) is 3.71. The number of ketones is 1. The van der Waals surface area contributed by atoms with Crippen LogP contribution in [0.2, 0.25) is 0 Å². The SMILES string of the molecule is CC(c1ccccc1)C1(O)C(=O)c2ccccc2-c2ccccc21. The maximum absolute atomic E-state index is 13.3. The van der Waals surface area contributed by atoms with E-state index in [2.05, 4.69) is 0 Å². The lowest BCUT2D eigenvalue weighted by molar-refractivity contribution is 0.0164. The van der Waals surface area contributed by atoms with Gasteiger partial charge in [-0.05, 0) is 22.3 Å². The van der Waals surface area contributed by atoms with Crippen LogP contribution in [0.15, 0.2) is 78.9 Å². The Hall–Kier alpha value is -2.71. The number of hydrogen-bond acceptors (Lipinski definition) is 2. The number of benzene rings is 3. The topological polar surface area (TPSA) is 37.3 Å². The van der Waals surface area contributed by atoms with Gasteiger partial charge in [0, 0.05) is 11.5 Å². The number of aliphatic hydroxyl groups is 1. The summed E-state index contributed by atoms with van der Waals surface area (Å²) in [5.74, 6) is -0.575. The van der Waals surface area contributed by atoms with E-state index < -0.39 is 5.60 Å². The molecular weight excluding hydrogens is 296 g/mol. The maximum Gasteiger partial charge on any atom is 0.200 e. The third-order valence-electron chi connectivity index (χ3n) is 5.07. The molecule has 118 valence electrons. The molecule has 1 N–H and O–H groups in total. The summed E-state index contributed by atoms with van der Waals surface area (Å²) in [6, 6.07) is 24.9. The molecule has 24 heavy (non-hydrogen) atoms. The van der Waals surface area contributed by atoms with Crippen LogP contribution in [0.5, 0.6) is 0 Å². The van der Waals surface area contributed by atoms with Crippen LogP contribution >= 0.6 is 0 Å². The summed E-state index contributed by atoms with van der Waals surface area (Å²) in [4.78, 5) is 13.3. The highest BCUT2D eigenvalue weighted by Gasteiger charge is 2.48. The van der Waals surface area contributed by atoms with Crippen LogP contribution in [0, 0.1) is 0 Å². The molecule has 1 aliphatic rings. The quantitative estimate of drug-likeness (QED) is 0.754. The molecule has 0 heterocycles. The smallest absolute Gasteiger partial charge is 0.200 e. The van der Waals surface area contributed by atoms with Gasteiger partial charge < -0.3 is 5.11 Å². The summed E-state index contributed by atoms with van der Waals surface area (Å²) in [5, 5.41) is 11.6. The van der Waals surface area contributed by atoms with Crippen molar-refractivity contribution in [3.05, 3.63) is 95.6 Å². The molecule has 2 unspecified atom stereocenters. The van der Waals surface area contributed by atoms with E-state index in [0.29, 0.717) is 11.1 Å². The Kier molecular flexibility index (Phi) is 3.36. The van der Waals surface area contributed by atoms with Gasteiger partial charge in [-0.15, -0.1) is 0 Å². The number of carbonyl (C=O) groups excluding carboxylic acids is 1. The van der Waals surface area contributed by atoms with Gasteiger partial charge in [-0.3, -0.25) is 4.79 Å². The molecule has 0 fully saturated rings. The van der Waals surface area contributed by atoms with Gasteiger partial charge in [0.25, 0.3) is 0 Å². The van der Waals surface area contributed by atoms with Crippen LogP contribution in [-0.2, 0) is 5.60 Å². The average Bonchev–Trinajstić information content (AvgIpc) is 2.66. The number of Topliss-reactive ketones (excluding diaryl/α,β-unsaturated/α-hetero) is 1. The molecule has 2 atom stereocenters. The predicted octanol–water partition coefficient (Wildman–Crippen LogP) is 4.54. The minimum atomic E-state index is -1.56. The first-order valence-electron chi connectivity index (χ1n) is 8.15. The van der Waals surface area contributed by atoms with E-state index in [1.807, 2.05) is 79.7 Å². The molecule has 3 aromatic rings. The lowest BCUT2D eigenvalue weighted by Gasteiger charge is -2.38. The largest absolute Gasteiger partial charge is 0.376 e. The number of carbonyl (C=O) groups is 1. The van der Waals surface area contributed by atoms with E-state index in [9.17, 15) is 9.90 Å². The highest BCUT2D eigenvalue weighted by molar-refractivity contribution is 6.12. The Bertz CT molecular complexity index is 914. The van der Waals surface area contributed by atoms with Crippen molar-refractivity contribution in [3.63, 3.8) is 0 Å². The van der Waals surface area contributed by atoms with Gasteiger partial charge in [-0.1, -0.05) is 85.8 Å². The van der Waals surface area contributed by atoms with Gasteiger partial charge in [0.2, 0.25) is 0 Å². The molecule has 1 aliphatic carbocycles. The summed E-state index contributed by atoms with van der Waals surface area (Å²) in [6.07, 6.45) is 0. The molecule has 0 saturated carbocycles. The second-order valence-electron chi connectivity index (χ2n) is 6.32. The van der Waals surface area contributed by atoms with Crippen LogP contribution in [0.3, 0.4) is 0 Å². The predicted molar refractivity (Wildman–Crippen MR) is 95.0 cm³/mol. The normalized spacial score (nSPS) is 20.2. The van der Waals surface area contributed by atoms with Crippen molar-refractivity contribution in [3.8, 4) is 11.1 Å². The third-order valence-corrected chi connectivity index (χ3v) is 5.07. The molecule has 0 aliphatic heterocycles. The summed E-state index contributed by atoms with van der Waals surface area (Å²) in [5.41, 5.74) is 2.47. The van der Waals surface area contributed by atoms with E-state index >= 15 is 0 Å². The van der Waals surface area contributed by atoms with Crippen molar-refractivity contribution >= 4 is 5.78 Å². The Balaban J connectivity index is 1.98. The van der Waals surface area contributed by atoms with Crippen molar-refractivity contribution in [1.82, 2.24) is 0 Å². The first-order valence-corrected chi connectivity index (χ1v) is 8.15. The van der Waals surface area contributed by atoms with Crippen molar-refractivity contribution in [2.75, 3.05) is 0 Å². The molecule has 0 radical (unpaired) electrons. The molecule has 0 aromatic heterocycles. The highest BCUT2D eigenvalue weighted by Crippen LogP contribution is 2.48. The Morgan fingerprint density at radius 3 is 2.00 bits per heavy atom. The van der Waals surface area contributed by atoms with Crippen molar-refractivity contribution < 1.29 is 9.90 Å². The van der Waals surface area contributed by atoms with Crippen molar-refractivity contribution in [2.24, 2.45) is 0 Å². The summed E-state index contributed by atoms with van der Waals surface area (Å²) >= 11 is 0. The molecule has 2 heteroatoms. The molecular formula is C22H18O2. The Morgan fingerprint density at radius 2 is 1.29 bits per heavy atom. The van der Waals surface area contributed by atoms with E-state index in [0.717, 1.165) is 16.7 Å². The second-order valence-corrected chi connectivity index (χ2v) is 6.32. The lowest BCUT2D eigenvalue weighted by atomic mass is 9.67. The third kappa shape index (κ3) is 1.97. The van der Waals surface area contributed by atoms with E-state index in [1.54, 1.807) is 6.07 Å². The van der Waals surface area contributed by atoms with Crippen LogP contribution in [-0.4, -0.2) is 10.9 Å². The van der Waals surface area contributed by atoms with Gasteiger partial charge in [-0.2, -0.15) is 0 Å². The fourth-order valence-electron chi connectivity index (χ4n) is 3.71. The van der Waals surface area contributed by atoms with Crippen molar-refractivity contribution in [1.29, 1.82) is 0 Å². The van der Waals surface area contributed by atoms with Gasteiger partial charge in [-0.25, -0.2) is 0 Å². The first kappa shape index (κ1) is 14.9. The van der Waals surface area contributed by atoms with E-state index in [1.165, 1.54) is 0 Å². The minimum absolute atomic E-state index is 0.229. The monoisotopic (exact) mass is 314 g/mol. The number of rotatable bonds is 2. The number of fused-ring (bicyclic) bond motifs is 3. The summed E-state index contributed by atoms with van der Waals surface area (Å²) in [6.45, 7) is 1.91. The van der Waals surface area contributed by atoms with Gasteiger partial charge >= 0.3 is 0 Å². The van der Waals surface area contributed by atoms with Gasteiger partial charge in [0.15, 0.2) is 11.4 Å². The molecule has 0 amide bonds. The van der Waals surface area contributed by atoms with Gasteiger partial charge in [0.05, 0.1) is 0 Å². The summed E-state index contributed by atoms with van der Waals surface area (Å²) < 4.78 is 0. The molecule has 0 saturated heterocycles. The molecule has 4 rings (SSSR count). The Labute approximate surface area is 141 Å². The first-order chi connectivity index (χ1) is 11.6. The van der Waals surface area contributed by atoms with Crippen LogP contribution in [0.4, 0.5) is 0 Å². The zero-order valence-electron chi connectivity index (χ0n) is 13.4. The lowest BCUT2D eigenvalue weighted by Crippen LogP contribution is -2.43. The van der Waals surface area contributed by atoms with Crippen LogP contribution in [0.1, 0.15) is 34.3 Å². The summed E-state index contributed by atoms with van der Waals surface area (Å²) in [7, 11) is 0. The van der Waals surface area contributed by atoms with Crippen molar-refractivity contribution in [2.45, 2.75) is 18.4 Å². The van der Waals surface area contributed by atoms with E-state index in [4.69, 9.17) is 0 Å². The zero-order valence-corrected chi connectivity index (χ0v) is 13.4. The average molecular weight is 314 g/mol.